The summed E-state index contributed by atoms with van der Waals surface area (Å²) in [4.78, 5) is 17.0. The number of benzene rings is 2. The van der Waals surface area contributed by atoms with Crippen molar-refractivity contribution >= 4 is 16.8 Å². The maximum absolute atomic E-state index is 12.5. The fraction of sp³-hybridized carbons (Fsp3) is 0.500. The van der Waals surface area contributed by atoms with Crippen LogP contribution < -0.4 is 5.32 Å². The van der Waals surface area contributed by atoms with E-state index in [1.54, 1.807) is 0 Å². The fourth-order valence-corrected chi connectivity index (χ4v) is 4.49. The minimum Gasteiger partial charge on any atom is -0.338 e. The smallest absolute Gasteiger partial charge is 0.317 e. The van der Waals surface area contributed by atoms with Crippen molar-refractivity contribution in [3.8, 4) is 0 Å². The maximum atomic E-state index is 12.5. The number of urea groups is 1. The van der Waals surface area contributed by atoms with Crippen LogP contribution in [0.1, 0.15) is 31.2 Å². The fourth-order valence-electron chi connectivity index (χ4n) is 4.49. The molecular weight excluding hydrogens is 322 g/mol. The molecule has 0 radical (unpaired) electrons. The molecular formula is C22H29N3O. The summed E-state index contributed by atoms with van der Waals surface area (Å²) in [5.41, 5.74) is 1.30. The van der Waals surface area contributed by atoms with Gasteiger partial charge in [-0.25, -0.2) is 4.79 Å². The van der Waals surface area contributed by atoms with E-state index in [9.17, 15) is 4.79 Å². The second-order valence-corrected chi connectivity index (χ2v) is 7.58. The molecule has 2 aromatic carbocycles. The van der Waals surface area contributed by atoms with Gasteiger partial charge >= 0.3 is 6.03 Å². The normalized spacial score (nSPS) is 19.2. The molecule has 1 N–H and O–H groups in total. The summed E-state index contributed by atoms with van der Waals surface area (Å²) in [7, 11) is 0. The van der Waals surface area contributed by atoms with Gasteiger partial charge in [0, 0.05) is 38.8 Å². The first kappa shape index (κ1) is 17.3. The SMILES string of the molecule is O=C(NCCc1cccc2ccccc12)N1CCN(C2CCCC2)CC1. The van der Waals surface area contributed by atoms with E-state index in [0.29, 0.717) is 6.54 Å². The third kappa shape index (κ3) is 3.85. The number of piperazine rings is 1. The summed E-state index contributed by atoms with van der Waals surface area (Å²) < 4.78 is 0. The molecule has 2 amide bonds. The average molecular weight is 351 g/mol. The summed E-state index contributed by atoms with van der Waals surface area (Å²) in [6.45, 7) is 4.46. The predicted octanol–water partition coefficient (Wildman–Crippen LogP) is 3.65. The molecule has 0 unspecified atom stereocenters. The van der Waals surface area contributed by atoms with Gasteiger partial charge in [0.2, 0.25) is 0 Å². The molecule has 1 heterocycles. The zero-order valence-corrected chi connectivity index (χ0v) is 15.5. The molecule has 2 fully saturated rings. The van der Waals surface area contributed by atoms with Crippen LogP contribution in [0.4, 0.5) is 4.79 Å². The molecule has 4 heteroatoms. The number of carbonyl (C=O) groups excluding carboxylic acids is 1. The zero-order valence-electron chi connectivity index (χ0n) is 15.5. The highest BCUT2D eigenvalue weighted by Crippen LogP contribution is 2.24. The Kier molecular flexibility index (Phi) is 5.40. The van der Waals surface area contributed by atoms with Crippen LogP contribution in [0, 0.1) is 0 Å². The average Bonchev–Trinajstić information content (AvgIpc) is 3.23. The highest BCUT2D eigenvalue weighted by molar-refractivity contribution is 5.85. The second-order valence-electron chi connectivity index (χ2n) is 7.58. The standard InChI is InChI=1S/C22H29N3O/c26-22(25-16-14-24(15-17-25)20-9-2-3-10-20)23-13-12-19-8-5-7-18-6-1-4-11-21(18)19/h1,4-8,11,20H,2-3,9-10,12-17H2,(H,23,26). The van der Waals surface area contributed by atoms with E-state index in [2.05, 4.69) is 52.7 Å². The van der Waals surface area contributed by atoms with Crippen LogP contribution in [0.25, 0.3) is 10.8 Å². The van der Waals surface area contributed by atoms with Gasteiger partial charge in [-0.3, -0.25) is 4.90 Å². The minimum absolute atomic E-state index is 0.0938. The molecule has 1 saturated carbocycles. The van der Waals surface area contributed by atoms with Gasteiger partial charge in [-0.05, 0) is 35.6 Å². The molecule has 4 rings (SSSR count). The number of rotatable bonds is 4. The Morgan fingerprint density at radius 2 is 1.69 bits per heavy atom. The number of nitrogens with zero attached hydrogens (tertiary/aromatic N) is 2. The topological polar surface area (TPSA) is 35.6 Å². The van der Waals surface area contributed by atoms with Crippen LogP contribution in [0.3, 0.4) is 0 Å². The lowest BCUT2D eigenvalue weighted by atomic mass is 10.0. The zero-order chi connectivity index (χ0) is 17.8. The van der Waals surface area contributed by atoms with E-state index in [-0.39, 0.29) is 6.03 Å². The van der Waals surface area contributed by atoms with Crippen molar-refractivity contribution in [3.63, 3.8) is 0 Å². The Bertz CT molecular complexity index is 741. The molecule has 0 spiro atoms. The molecule has 0 bridgehead atoms. The minimum atomic E-state index is 0.0938. The van der Waals surface area contributed by atoms with Gasteiger partial charge in [0.15, 0.2) is 0 Å². The van der Waals surface area contributed by atoms with Crippen molar-refractivity contribution in [2.24, 2.45) is 0 Å². The van der Waals surface area contributed by atoms with Gasteiger partial charge in [-0.1, -0.05) is 55.3 Å². The first-order valence-corrected chi connectivity index (χ1v) is 10.0. The van der Waals surface area contributed by atoms with Crippen molar-refractivity contribution in [1.29, 1.82) is 0 Å². The van der Waals surface area contributed by atoms with Crippen LogP contribution >= 0.6 is 0 Å². The largest absolute Gasteiger partial charge is 0.338 e. The molecule has 1 aliphatic heterocycles. The van der Waals surface area contributed by atoms with Crippen LogP contribution in [-0.4, -0.2) is 54.6 Å². The molecule has 26 heavy (non-hydrogen) atoms. The van der Waals surface area contributed by atoms with Gasteiger partial charge < -0.3 is 10.2 Å². The summed E-state index contributed by atoms with van der Waals surface area (Å²) >= 11 is 0. The first-order chi connectivity index (χ1) is 12.8. The number of fused-ring (bicyclic) bond motifs is 1. The number of hydrogen-bond acceptors (Lipinski definition) is 2. The third-order valence-corrected chi connectivity index (χ3v) is 5.99. The van der Waals surface area contributed by atoms with Crippen molar-refractivity contribution in [2.75, 3.05) is 32.7 Å². The van der Waals surface area contributed by atoms with Crippen LogP contribution in [0.5, 0.6) is 0 Å². The quantitative estimate of drug-likeness (QED) is 0.913. The Balaban J connectivity index is 1.25. The van der Waals surface area contributed by atoms with E-state index in [4.69, 9.17) is 0 Å². The lowest BCUT2D eigenvalue weighted by molar-refractivity contribution is 0.110. The monoisotopic (exact) mass is 351 g/mol. The maximum Gasteiger partial charge on any atom is 0.317 e. The summed E-state index contributed by atoms with van der Waals surface area (Å²) in [6.07, 6.45) is 6.31. The highest BCUT2D eigenvalue weighted by Gasteiger charge is 2.27. The molecule has 1 saturated heterocycles. The Labute approximate surface area is 156 Å². The van der Waals surface area contributed by atoms with Crippen molar-refractivity contribution in [2.45, 2.75) is 38.1 Å². The van der Waals surface area contributed by atoms with E-state index in [0.717, 1.165) is 38.6 Å². The van der Waals surface area contributed by atoms with E-state index >= 15 is 0 Å². The van der Waals surface area contributed by atoms with Crippen LogP contribution in [-0.2, 0) is 6.42 Å². The summed E-state index contributed by atoms with van der Waals surface area (Å²) in [6, 6.07) is 15.7. The molecule has 4 nitrogen and oxygen atoms in total. The first-order valence-electron chi connectivity index (χ1n) is 10.0. The lowest BCUT2D eigenvalue weighted by Crippen LogP contribution is -2.53. The van der Waals surface area contributed by atoms with E-state index in [1.165, 1.54) is 42.0 Å². The molecule has 0 aromatic heterocycles. The number of nitrogens with one attached hydrogen (secondary N) is 1. The predicted molar refractivity (Wildman–Crippen MR) is 106 cm³/mol. The third-order valence-electron chi connectivity index (χ3n) is 5.99. The lowest BCUT2D eigenvalue weighted by Gasteiger charge is -2.38. The Morgan fingerprint density at radius 1 is 0.962 bits per heavy atom. The van der Waals surface area contributed by atoms with Crippen molar-refractivity contribution in [3.05, 3.63) is 48.0 Å². The highest BCUT2D eigenvalue weighted by atomic mass is 16.2. The second kappa shape index (κ2) is 8.09. The Morgan fingerprint density at radius 3 is 2.50 bits per heavy atom. The van der Waals surface area contributed by atoms with Gasteiger partial charge in [0.25, 0.3) is 0 Å². The number of amides is 2. The van der Waals surface area contributed by atoms with E-state index < -0.39 is 0 Å². The van der Waals surface area contributed by atoms with Crippen LogP contribution in [0.2, 0.25) is 0 Å². The number of hydrogen-bond donors (Lipinski definition) is 1. The van der Waals surface area contributed by atoms with Gasteiger partial charge in [0.1, 0.15) is 0 Å². The van der Waals surface area contributed by atoms with Crippen molar-refractivity contribution < 1.29 is 4.79 Å². The van der Waals surface area contributed by atoms with Gasteiger partial charge in [-0.2, -0.15) is 0 Å². The van der Waals surface area contributed by atoms with Gasteiger partial charge in [-0.15, -0.1) is 0 Å². The molecule has 1 aliphatic carbocycles. The summed E-state index contributed by atoms with van der Waals surface area (Å²) in [5, 5.41) is 5.67. The molecule has 138 valence electrons. The molecule has 0 atom stereocenters. The van der Waals surface area contributed by atoms with Crippen molar-refractivity contribution in [1.82, 2.24) is 15.1 Å². The summed E-state index contributed by atoms with van der Waals surface area (Å²) in [5.74, 6) is 0. The van der Waals surface area contributed by atoms with Gasteiger partial charge in [0.05, 0.1) is 0 Å². The Hall–Kier alpha value is -2.07. The number of carbonyl (C=O) groups is 1. The molecule has 2 aliphatic rings. The van der Waals surface area contributed by atoms with E-state index in [1.807, 2.05) is 4.90 Å². The van der Waals surface area contributed by atoms with Crippen LogP contribution in [0.15, 0.2) is 42.5 Å². The molecule has 2 aromatic rings.